The maximum absolute atomic E-state index is 12.7. The molecule has 1 saturated heterocycles. The summed E-state index contributed by atoms with van der Waals surface area (Å²) in [6.45, 7) is 7.28. The molecule has 1 aliphatic heterocycles. The van der Waals surface area contributed by atoms with Gasteiger partial charge in [0.15, 0.2) is 6.61 Å². The highest BCUT2D eigenvalue weighted by atomic mass is 16.5. The van der Waals surface area contributed by atoms with Gasteiger partial charge < -0.3 is 14.6 Å². The number of likely N-dealkylation sites (tertiary alicyclic amines) is 1. The molecule has 0 unspecified atom stereocenters. The zero-order valence-electron chi connectivity index (χ0n) is 17.9. The Bertz CT molecular complexity index is 1040. The number of esters is 1. The predicted molar refractivity (Wildman–Crippen MR) is 113 cm³/mol. The van der Waals surface area contributed by atoms with Crippen LogP contribution in [0.15, 0.2) is 29.1 Å². The third kappa shape index (κ3) is 4.25. The number of carbonyl (C=O) groups excluding carboxylic acids is 2. The SMILES string of the molecule is CC1(C)C[C@H]2C[C@](C)(CN2C(=O)COC(=O)CCc2nc3ccccc3c(=O)[nH]2)C1. The molecule has 7 nitrogen and oxygen atoms in total. The molecule has 2 bridgehead atoms. The number of aromatic amines is 1. The van der Waals surface area contributed by atoms with Crippen molar-refractivity contribution >= 4 is 22.8 Å². The molecule has 4 rings (SSSR count). The van der Waals surface area contributed by atoms with Crippen LogP contribution in [0.3, 0.4) is 0 Å². The van der Waals surface area contributed by atoms with Crippen molar-refractivity contribution in [3.8, 4) is 0 Å². The second-order valence-corrected chi connectivity index (χ2v) is 9.93. The summed E-state index contributed by atoms with van der Waals surface area (Å²) >= 11 is 0. The van der Waals surface area contributed by atoms with E-state index in [1.807, 2.05) is 11.0 Å². The second kappa shape index (κ2) is 7.52. The average Bonchev–Trinajstić information content (AvgIpc) is 2.93. The first-order chi connectivity index (χ1) is 14.1. The van der Waals surface area contributed by atoms with Crippen LogP contribution in [-0.4, -0.2) is 45.9 Å². The molecule has 2 aliphatic rings. The van der Waals surface area contributed by atoms with Crippen molar-refractivity contribution in [2.45, 2.75) is 58.9 Å². The van der Waals surface area contributed by atoms with Gasteiger partial charge in [0.1, 0.15) is 5.82 Å². The zero-order valence-corrected chi connectivity index (χ0v) is 17.9. The van der Waals surface area contributed by atoms with Crippen LogP contribution >= 0.6 is 0 Å². The van der Waals surface area contributed by atoms with Crippen LogP contribution in [0.4, 0.5) is 0 Å². The summed E-state index contributed by atoms with van der Waals surface area (Å²) in [5.74, 6) is -0.148. The molecule has 0 spiro atoms. The van der Waals surface area contributed by atoms with Gasteiger partial charge in [-0.15, -0.1) is 0 Å². The quantitative estimate of drug-likeness (QED) is 0.764. The molecular weight excluding hydrogens is 382 g/mol. The number of aryl methyl sites for hydroxylation is 1. The third-order valence-corrected chi connectivity index (χ3v) is 6.32. The Hall–Kier alpha value is -2.70. The minimum atomic E-state index is -0.465. The number of nitrogens with zero attached hydrogens (tertiary/aromatic N) is 2. The largest absolute Gasteiger partial charge is 0.456 e. The zero-order chi connectivity index (χ0) is 21.5. The molecule has 7 heteroatoms. The van der Waals surface area contributed by atoms with Crippen LogP contribution in [0.25, 0.3) is 10.9 Å². The molecule has 0 radical (unpaired) electrons. The number of benzene rings is 1. The van der Waals surface area contributed by atoms with E-state index in [2.05, 4.69) is 30.7 Å². The standard InChI is InChI=1S/C23H29N3O4/c1-22(2)10-15-11-23(3,13-22)14-26(15)19(27)12-30-20(28)9-8-18-24-17-7-5-4-6-16(17)21(29)25-18/h4-7,15H,8-14H2,1-3H3,(H,24,25,29)/t15-,23-/m0/s1. The Labute approximate surface area is 175 Å². The first kappa shape index (κ1) is 20.6. The molecule has 2 atom stereocenters. The maximum Gasteiger partial charge on any atom is 0.306 e. The van der Waals surface area contributed by atoms with Gasteiger partial charge in [0.25, 0.3) is 11.5 Å². The predicted octanol–water partition coefficient (Wildman–Crippen LogP) is 2.83. The van der Waals surface area contributed by atoms with Gasteiger partial charge in [-0.1, -0.05) is 32.9 Å². The molecule has 2 fully saturated rings. The van der Waals surface area contributed by atoms with Crippen LogP contribution in [0.1, 0.15) is 52.3 Å². The van der Waals surface area contributed by atoms with Crippen molar-refractivity contribution in [1.29, 1.82) is 0 Å². The molecule has 1 N–H and O–H groups in total. The van der Waals surface area contributed by atoms with Gasteiger partial charge >= 0.3 is 5.97 Å². The summed E-state index contributed by atoms with van der Waals surface area (Å²) in [5.41, 5.74) is 0.749. The molecule has 1 aromatic heterocycles. The monoisotopic (exact) mass is 411 g/mol. The number of amides is 1. The molecule has 30 heavy (non-hydrogen) atoms. The fourth-order valence-electron chi connectivity index (χ4n) is 5.52. The number of aromatic nitrogens is 2. The molecule has 1 aromatic carbocycles. The van der Waals surface area contributed by atoms with Crippen molar-refractivity contribution in [2.75, 3.05) is 13.2 Å². The highest BCUT2D eigenvalue weighted by Crippen LogP contribution is 2.52. The van der Waals surface area contributed by atoms with E-state index in [9.17, 15) is 14.4 Å². The topological polar surface area (TPSA) is 92.4 Å². The Kier molecular flexibility index (Phi) is 5.16. The third-order valence-electron chi connectivity index (χ3n) is 6.32. The lowest BCUT2D eigenvalue weighted by Gasteiger charge is -2.39. The highest BCUT2D eigenvalue weighted by molar-refractivity contribution is 5.81. The molecule has 1 saturated carbocycles. The molecule has 1 amide bonds. The van der Waals surface area contributed by atoms with Gasteiger partial charge in [-0.3, -0.25) is 14.4 Å². The first-order valence-corrected chi connectivity index (χ1v) is 10.6. The van der Waals surface area contributed by atoms with Crippen molar-refractivity contribution in [1.82, 2.24) is 14.9 Å². The van der Waals surface area contributed by atoms with Crippen LogP contribution in [0.5, 0.6) is 0 Å². The van der Waals surface area contributed by atoms with E-state index >= 15 is 0 Å². The lowest BCUT2D eigenvalue weighted by atomic mass is 9.65. The second-order valence-electron chi connectivity index (χ2n) is 9.93. The lowest BCUT2D eigenvalue weighted by Crippen LogP contribution is -2.39. The number of carbonyl (C=O) groups is 2. The number of hydrogen-bond acceptors (Lipinski definition) is 5. The van der Waals surface area contributed by atoms with Gasteiger partial charge in [-0.25, -0.2) is 4.98 Å². The molecule has 2 aromatic rings. The van der Waals surface area contributed by atoms with E-state index in [0.717, 1.165) is 25.8 Å². The number of nitrogens with one attached hydrogen (secondary N) is 1. The summed E-state index contributed by atoms with van der Waals surface area (Å²) < 4.78 is 5.24. The summed E-state index contributed by atoms with van der Waals surface area (Å²) in [7, 11) is 0. The van der Waals surface area contributed by atoms with Gasteiger partial charge in [-0.05, 0) is 42.2 Å². The van der Waals surface area contributed by atoms with Crippen LogP contribution < -0.4 is 5.56 Å². The van der Waals surface area contributed by atoms with Crippen LogP contribution in [-0.2, 0) is 20.7 Å². The van der Waals surface area contributed by atoms with Crippen LogP contribution in [0, 0.1) is 10.8 Å². The molecule has 160 valence electrons. The Morgan fingerprint density at radius 1 is 1.23 bits per heavy atom. The van der Waals surface area contributed by atoms with Gasteiger partial charge in [0.05, 0.1) is 17.3 Å². The fraction of sp³-hybridized carbons (Fsp3) is 0.565. The first-order valence-electron chi connectivity index (χ1n) is 10.6. The van der Waals surface area contributed by atoms with E-state index in [1.54, 1.807) is 18.2 Å². The average molecular weight is 412 g/mol. The van der Waals surface area contributed by atoms with Crippen molar-refractivity contribution in [2.24, 2.45) is 10.8 Å². The molecular formula is C23H29N3O4. The number of para-hydroxylation sites is 1. The molecule has 2 heterocycles. The number of ether oxygens (including phenoxy) is 1. The summed E-state index contributed by atoms with van der Waals surface area (Å²) in [6.07, 6.45) is 3.44. The number of rotatable bonds is 5. The summed E-state index contributed by atoms with van der Waals surface area (Å²) in [4.78, 5) is 46.0. The minimum absolute atomic E-state index is 0.0583. The number of H-pyrrole nitrogens is 1. The fourth-order valence-corrected chi connectivity index (χ4v) is 5.52. The van der Waals surface area contributed by atoms with Crippen LogP contribution in [0.2, 0.25) is 0 Å². The maximum atomic E-state index is 12.7. The summed E-state index contributed by atoms with van der Waals surface area (Å²) in [5, 5.41) is 0.516. The Morgan fingerprint density at radius 3 is 2.80 bits per heavy atom. The highest BCUT2D eigenvalue weighted by Gasteiger charge is 2.50. The van der Waals surface area contributed by atoms with Gasteiger partial charge in [0, 0.05) is 19.0 Å². The number of fused-ring (bicyclic) bond motifs is 3. The molecule has 1 aliphatic carbocycles. The Morgan fingerprint density at radius 2 is 2.00 bits per heavy atom. The van der Waals surface area contributed by atoms with Crippen molar-refractivity contribution < 1.29 is 14.3 Å². The van der Waals surface area contributed by atoms with Gasteiger partial charge in [-0.2, -0.15) is 0 Å². The van der Waals surface area contributed by atoms with Crippen molar-refractivity contribution in [3.63, 3.8) is 0 Å². The van der Waals surface area contributed by atoms with Gasteiger partial charge in [0.2, 0.25) is 0 Å². The number of hydrogen-bond donors (Lipinski definition) is 1. The van der Waals surface area contributed by atoms with E-state index in [4.69, 9.17) is 4.74 Å². The smallest absolute Gasteiger partial charge is 0.306 e. The minimum Gasteiger partial charge on any atom is -0.456 e. The summed E-state index contributed by atoms with van der Waals surface area (Å²) in [6, 6.07) is 7.30. The van der Waals surface area contributed by atoms with E-state index in [-0.39, 0.29) is 47.8 Å². The lowest BCUT2D eigenvalue weighted by molar-refractivity contribution is -0.152. The Balaban J connectivity index is 1.30. The van der Waals surface area contributed by atoms with E-state index in [1.165, 1.54) is 0 Å². The normalized spacial score (nSPS) is 24.8. The van der Waals surface area contributed by atoms with Crippen molar-refractivity contribution in [3.05, 3.63) is 40.4 Å². The van der Waals surface area contributed by atoms with E-state index < -0.39 is 5.97 Å². The van der Waals surface area contributed by atoms with E-state index in [0.29, 0.717) is 16.7 Å².